The van der Waals surface area contributed by atoms with Gasteiger partial charge in [-0.25, -0.2) is 4.79 Å². The van der Waals surface area contributed by atoms with Gasteiger partial charge in [-0.2, -0.15) is 0 Å². The maximum absolute atomic E-state index is 12.7. The predicted molar refractivity (Wildman–Crippen MR) is 79.2 cm³/mol. The lowest BCUT2D eigenvalue weighted by molar-refractivity contribution is 0.123. The van der Waals surface area contributed by atoms with E-state index in [9.17, 15) is 4.79 Å². The van der Waals surface area contributed by atoms with Gasteiger partial charge in [0.2, 0.25) is 0 Å². The molecule has 3 nitrogen and oxygen atoms in total. The van der Waals surface area contributed by atoms with Crippen molar-refractivity contribution >= 4 is 6.03 Å². The van der Waals surface area contributed by atoms with Crippen molar-refractivity contribution in [3.05, 3.63) is 0 Å². The van der Waals surface area contributed by atoms with Crippen LogP contribution in [0.3, 0.4) is 0 Å². The molecule has 110 valence electrons. The van der Waals surface area contributed by atoms with Crippen molar-refractivity contribution in [1.29, 1.82) is 0 Å². The second-order valence-electron chi connectivity index (χ2n) is 6.64. The van der Waals surface area contributed by atoms with Gasteiger partial charge in [0, 0.05) is 25.7 Å². The Hall–Kier alpha value is -0.730. The summed E-state index contributed by atoms with van der Waals surface area (Å²) in [5.74, 6) is 0.679. The first-order chi connectivity index (χ1) is 9.18. The monoisotopic (exact) mass is 266 g/mol. The Morgan fingerprint density at radius 1 is 1.11 bits per heavy atom. The molecular formula is C16H30N2O. The fourth-order valence-corrected chi connectivity index (χ4v) is 3.31. The van der Waals surface area contributed by atoms with Crippen LogP contribution in [0.15, 0.2) is 0 Å². The molecule has 2 aliphatic rings. The molecule has 0 aromatic carbocycles. The molecular weight excluding hydrogens is 236 g/mol. The normalized spacial score (nSPS) is 21.1. The van der Waals surface area contributed by atoms with Gasteiger partial charge in [-0.15, -0.1) is 0 Å². The van der Waals surface area contributed by atoms with Crippen molar-refractivity contribution < 1.29 is 4.79 Å². The van der Waals surface area contributed by atoms with Gasteiger partial charge in [-0.3, -0.25) is 0 Å². The lowest BCUT2D eigenvalue weighted by Crippen LogP contribution is -2.49. The summed E-state index contributed by atoms with van der Waals surface area (Å²) in [5, 5.41) is 0. The summed E-state index contributed by atoms with van der Waals surface area (Å²) in [6, 6.07) is 0.848. The zero-order chi connectivity index (χ0) is 13.7. The van der Waals surface area contributed by atoms with Crippen LogP contribution in [-0.2, 0) is 0 Å². The molecule has 0 aromatic rings. The van der Waals surface area contributed by atoms with Crippen molar-refractivity contribution in [2.24, 2.45) is 5.92 Å². The van der Waals surface area contributed by atoms with Crippen LogP contribution in [0.1, 0.15) is 65.2 Å². The third kappa shape index (κ3) is 4.12. The molecule has 2 fully saturated rings. The molecule has 1 saturated heterocycles. The molecule has 0 atom stereocenters. The van der Waals surface area contributed by atoms with Crippen molar-refractivity contribution in [3.63, 3.8) is 0 Å². The Morgan fingerprint density at radius 3 is 2.32 bits per heavy atom. The Labute approximate surface area is 118 Å². The number of urea groups is 1. The summed E-state index contributed by atoms with van der Waals surface area (Å²) in [6.45, 7) is 7.40. The number of amides is 2. The topological polar surface area (TPSA) is 23.6 Å². The minimum atomic E-state index is 0.326. The molecule has 0 radical (unpaired) electrons. The Balaban J connectivity index is 1.95. The molecule has 1 saturated carbocycles. The summed E-state index contributed by atoms with van der Waals surface area (Å²) in [4.78, 5) is 17.1. The minimum Gasteiger partial charge on any atom is -0.325 e. The van der Waals surface area contributed by atoms with Gasteiger partial charge in [0.15, 0.2) is 0 Å². The number of likely N-dealkylation sites (tertiary alicyclic amines) is 1. The highest BCUT2D eigenvalue weighted by Gasteiger charge is 2.30. The zero-order valence-electron chi connectivity index (χ0n) is 12.7. The van der Waals surface area contributed by atoms with E-state index in [4.69, 9.17) is 0 Å². The Morgan fingerprint density at radius 2 is 1.74 bits per heavy atom. The molecule has 0 spiro atoms. The molecule has 0 N–H and O–H groups in total. The van der Waals surface area contributed by atoms with Gasteiger partial charge in [0.05, 0.1) is 0 Å². The van der Waals surface area contributed by atoms with Gasteiger partial charge >= 0.3 is 6.03 Å². The average molecular weight is 266 g/mol. The third-order valence-electron chi connectivity index (χ3n) is 4.59. The maximum Gasteiger partial charge on any atom is 0.320 e. The number of carbonyl (C=O) groups is 1. The fourth-order valence-electron chi connectivity index (χ4n) is 3.31. The largest absolute Gasteiger partial charge is 0.325 e. The van der Waals surface area contributed by atoms with Crippen LogP contribution in [-0.4, -0.2) is 41.5 Å². The van der Waals surface area contributed by atoms with Crippen LogP contribution in [0.2, 0.25) is 0 Å². The molecule has 1 aliphatic carbocycles. The van der Waals surface area contributed by atoms with Gasteiger partial charge in [0.1, 0.15) is 0 Å². The predicted octanol–water partition coefficient (Wildman–Crippen LogP) is 3.88. The first-order valence-corrected chi connectivity index (χ1v) is 8.24. The van der Waals surface area contributed by atoms with E-state index < -0.39 is 0 Å². The molecule has 1 heterocycles. The molecule has 1 aliphatic heterocycles. The van der Waals surface area contributed by atoms with Crippen molar-refractivity contribution in [2.75, 3.05) is 19.6 Å². The summed E-state index contributed by atoms with van der Waals surface area (Å²) in [5.41, 5.74) is 0. The number of nitrogens with zero attached hydrogens (tertiary/aromatic N) is 2. The maximum atomic E-state index is 12.7. The average Bonchev–Trinajstić information content (AvgIpc) is 2.93. The van der Waals surface area contributed by atoms with Crippen LogP contribution < -0.4 is 0 Å². The number of piperidine rings is 1. The first kappa shape index (κ1) is 14.7. The number of hydrogen-bond donors (Lipinski definition) is 0. The Bertz CT molecular complexity index is 278. The quantitative estimate of drug-likeness (QED) is 0.757. The van der Waals surface area contributed by atoms with Crippen LogP contribution in [0.5, 0.6) is 0 Å². The highest BCUT2D eigenvalue weighted by molar-refractivity contribution is 5.75. The van der Waals surface area contributed by atoms with Crippen LogP contribution in [0.4, 0.5) is 4.79 Å². The van der Waals surface area contributed by atoms with Crippen molar-refractivity contribution in [2.45, 2.75) is 71.3 Å². The van der Waals surface area contributed by atoms with Gasteiger partial charge in [-0.05, 0) is 44.4 Å². The van der Waals surface area contributed by atoms with Gasteiger partial charge in [-0.1, -0.05) is 26.7 Å². The molecule has 3 heteroatoms. The van der Waals surface area contributed by atoms with Gasteiger partial charge < -0.3 is 9.80 Å². The number of hydrogen-bond acceptors (Lipinski definition) is 1. The standard InChI is InChI=1S/C16H30N2O/c1-14(2)10-13-18(15-8-4-5-9-15)16(19)17-11-6-3-7-12-17/h14-15H,3-13H2,1-2H3. The van der Waals surface area contributed by atoms with E-state index in [0.717, 1.165) is 26.1 Å². The number of rotatable bonds is 4. The highest BCUT2D eigenvalue weighted by Crippen LogP contribution is 2.26. The Kier molecular flexibility index (Phi) is 5.53. The molecule has 0 bridgehead atoms. The van der Waals surface area contributed by atoms with Crippen molar-refractivity contribution in [3.8, 4) is 0 Å². The lowest BCUT2D eigenvalue weighted by Gasteiger charge is -2.36. The minimum absolute atomic E-state index is 0.326. The summed E-state index contributed by atoms with van der Waals surface area (Å²) in [6.07, 6.45) is 9.85. The molecule has 0 aromatic heterocycles. The zero-order valence-corrected chi connectivity index (χ0v) is 12.7. The van der Waals surface area contributed by atoms with E-state index in [1.807, 2.05) is 0 Å². The van der Waals surface area contributed by atoms with E-state index in [1.54, 1.807) is 0 Å². The second-order valence-corrected chi connectivity index (χ2v) is 6.64. The fraction of sp³-hybridized carbons (Fsp3) is 0.938. The molecule has 2 amide bonds. The van der Waals surface area contributed by atoms with E-state index in [0.29, 0.717) is 18.0 Å². The SMILES string of the molecule is CC(C)CCN(C(=O)N1CCCCC1)C1CCCC1. The van der Waals surface area contributed by atoms with Crippen LogP contribution in [0, 0.1) is 5.92 Å². The third-order valence-corrected chi connectivity index (χ3v) is 4.59. The first-order valence-electron chi connectivity index (χ1n) is 8.24. The summed E-state index contributed by atoms with van der Waals surface area (Å²) < 4.78 is 0. The molecule has 19 heavy (non-hydrogen) atoms. The van der Waals surface area contributed by atoms with E-state index in [2.05, 4.69) is 23.6 Å². The summed E-state index contributed by atoms with van der Waals surface area (Å²) >= 11 is 0. The van der Waals surface area contributed by atoms with Gasteiger partial charge in [0.25, 0.3) is 0 Å². The number of carbonyl (C=O) groups excluding carboxylic acids is 1. The molecule has 2 rings (SSSR count). The van der Waals surface area contributed by atoms with Crippen LogP contribution >= 0.6 is 0 Å². The van der Waals surface area contributed by atoms with E-state index in [-0.39, 0.29) is 0 Å². The van der Waals surface area contributed by atoms with Crippen LogP contribution in [0.25, 0.3) is 0 Å². The summed E-state index contributed by atoms with van der Waals surface area (Å²) in [7, 11) is 0. The smallest absolute Gasteiger partial charge is 0.320 e. The second kappa shape index (κ2) is 7.16. The molecule has 0 unspecified atom stereocenters. The van der Waals surface area contributed by atoms with Crippen molar-refractivity contribution in [1.82, 2.24) is 9.80 Å². The lowest BCUT2D eigenvalue weighted by atomic mass is 10.1. The van der Waals surface area contributed by atoms with E-state index in [1.165, 1.54) is 44.9 Å². The van der Waals surface area contributed by atoms with E-state index >= 15 is 0 Å². The highest BCUT2D eigenvalue weighted by atomic mass is 16.2.